The van der Waals surface area contributed by atoms with Gasteiger partial charge in [0.25, 0.3) is 0 Å². The van der Waals surface area contributed by atoms with Gasteiger partial charge >= 0.3 is 0 Å². The number of nitrogens with two attached hydrogens (primary N) is 1. The maximum atomic E-state index is 12.2. The van der Waals surface area contributed by atoms with Crippen LogP contribution in [0.25, 0.3) is 0 Å². The number of rotatable bonds is 4. The van der Waals surface area contributed by atoms with Crippen molar-refractivity contribution in [2.75, 3.05) is 11.5 Å². The van der Waals surface area contributed by atoms with Gasteiger partial charge in [-0.1, -0.05) is 31.4 Å². The van der Waals surface area contributed by atoms with Crippen LogP contribution in [-0.2, 0) is 16.3 Å². The zero-order valence-electron chi connectivity index (χ0n) is 10.6. The van der Waals surface area contributed by atoms with Gasteiger partial charge in [0.1, 0.15) is 0 Å². The molecular weight excluding hydrogens is 246 g/mol. The van der Waals surface area contributed by atoms with Crippen molar-refractivity contribution in [2.45, 2.75) is 43.8 Å². The van der Waals surface area contributed by atoms with E-state index in [2.05, 4.69) is 0 Å². The molecule has 4 heteroatoms. The Bertz CT molecular complexity index is 473. The molecule has 2 N–H and O–H groups in total. The van der Waals surface area contributed by atoms with Crippen LogP contribution < -0.4 is 5.73 Å². The van der Waals surface area contributed by atoms with E-state index in [1.165, 1.54) is 6.42 Å². The van der Waals surface area contributed by atoms with Crippen LogP contribution in [0.3, 0.4) is 0 Å². The Morgan fingerprint density at radius 1 is 1.06 bits per heavy atom. The van der Waals surface area contributed by atoms with Crippen LogP contribution in [0.2, 0.25) is 0 Å². The molecule has 0 heterocycles. The average Bonchev–Trinajstić information content (AvgIpc) is 2.39. The molecule has 0 bridgehead atoms. The maximum Gasteiger partial charge on any atom is 0.153 e. The van der Waals surface area contributed by atoms with Crippen LogP contribution in [-0.4, -0.2) is 19.4 Å². The summed E-state index contributed by atoms with van der Waals surface area (Å²) in [5.41, 5.74) is 7.37. The second-order valence-electron chi connectivity index (χ2n) is 5.12. The summed E-state index contributed by atoms with van der Waals surface area (Å²) in [7, 11) is -2.92. The SMILES string of the molecule is Nc1ccc(CCS(=O)(=O)C2CCCCC2)cc1. The first-order valence-electron chi connectivity index (χ1n) is 6.64. The minimum absolute atomic E-state index is 0.0972. The monoisotopic (exact) mass is 267 g/mol. The number of sulfone groups is 1. The van der Waals surface area contributed by atoms with Crippen LogP contribution in [0.5, 0.6) is 0 Å². The number of anilines is 1. The van der Waals surface area contributed by atoms with Crippen LogP contribution >= 0.6 is 0 Å². The van der Waals surface area contributed by atoms with Gasteiger partial charge < -0.3 is 5.73 Å². The quantitative estimate of drug-likeness (QED) is 0.853. The van der Waals surface area contributed by atoms with E-state index in [1.807, 2.05) is 24.3 Å². The molecule has 0 unspecified atom stereocenters. The van der Waals surface area contributed by atoms with E-state index in [0.717, 1.165) is 31.2 Å². The molecular formula is C14H21NO2S. The van der Waals surface area contributed by atoms with Crippen molar-refractivity contribution in [3.8, 4) is 0 Å². The van der Waals surface area contributed by atoms with Crippen molar-refractivity contribution in [1.82, 2.24) is 0 Å². The van der Waals surface area contributed by atoms with E-state index in [9.17, 15) is 8.42 Å². The molecule has 2 rings (SSSR count). The third-order valence-electron chi connectivity index (χ3n) is 3.72. The molecule has 0 radical (unpaired) electrons. The van der Waals surface area contributed by atoms with Crippen molar-refractivity contribution in [2.24, 2.45) is 0 Å². The van der Waals surface area contributed by atoms with Gasteiger partial charge in [-0.25, -0.2) is 8.42 Å². The van der Waals surface area contributed by atoms with Crippen LogP contribution in [0, 0.1) is 0 Å². The maximum absolute atomic E-state index is 12.2. The van der Waals surface area contributed by atoms with Crippen LogP contribution in [0.4, 0.5) is 5.69 Å². The lowest BCUT2D eigenvalue weighted by Gasteiger charge is -2.21. The summed E-state index contributed by atoms with van der Waals surface area (Å²) in [5, 5.41) is -0.0972. The van der Waals surface area contributed by atoms with Crippen LogP contribution in [0.15, 0.2) is 24.3 Å². The largest absolute Gasteiger partial charge is 0.399 e. The highest BCUT2D eigenvalue weighted by Crippen LogP contribution is 2.24. The summed E-state index contributed by atoms with van der Waals surface area (Å²) in [5.74, 6) is 0.265. The molecule has 0 saturated heterocycles. The second-order valence-corrected chi connectivity index (χ2v) is 7.52. The zero-order valence-corrected chi connectivity index (χ0v) is 11.5. The third-order valence-corrected chi connectivity index (χ3v) is 5.98. The van der Waals surface area contributed by atoms with Gasteiger partial charge in [-0.15, -0.1) is 0 Å². The second kappa shape index (κ2) is 5.74. The van der Waals surface area contributed by atoms with Gasteiger partial charge in [0.2, 0.25) is 0 Å². The highest BCUT2D eigenvalue weighted by molar-refractivity contribution is 7.92. The number of hydrogen-bond acceptors (Lipinski definition) is 3. The summed E-state index contributed by atoms with van der Waals surface area (Å²) in [6.45, 7) is 0. The van der Waals surface area contributed by atoms with Gasteiger partial charge in [0.15, 0.2) is 9.84 Å². The van der Waals surface area contributed by atoms with Crippen molar-refractivity contribution >= 4 is 15.5 Å². The highest BCUT2D eigenvalue weighted by atomic mass is 32.2. The van der Waals surface area contributed by atoms with Gasteiger partial charge in [-0.05, 0) is 37.0 Å². The van der Waals surface area contributed by atoms with Gasteiger partial charge in [-0.3, -0.25) is 0 Å². The fourth-order valence-electron chi connectivity index (χ4n) is 2.54. The fourth-order valence-corrected chi connectivity index (χ4v) is 4.44. The van der Waals surface area contributed by atoms with E-state index >= 15 is 0 Å². The summed E-state index contributed by atoms with van der Waals surface area (Å²) >= 11 is 0. The summed E-state index contributed by atoms with van der Waals surface area (Å²) in [6.07, 6.45) is 5.61. The van der Waals surface area contributed by atoms with E-state index in [4.69, 9.17) is 5.73 Å². The Labute approximate surface area is 109 Å². The first-order chi connectivity index (χ1) is 8.58. The predicted molar refractivity (Wildman–Crippen MR) is 75.2 cm³/mol. The standard InChI is InChI=1S/C14H21NO2S/c15-13-8-6-12(7-9-13)10-11-18(16,17)14-4-2-1-3-5-14/h6-9,14H,1-5,10-11,15H2. The van der Waals surface area contributed by atoms with Crippen molar-refractivity contribution in [3.05, 3.63) is 29.8 Å². The van der Waals surface area contributed by atoms with E-state index < -0.39 is 9.84 Å². The third kappa shape index (κ3) is 3.48. The molecule has 0 atom stereocenters. The number of benzene rings is 1. The molecule has 1 saturated carbocycles. The van der Waals surface area contributed by atoms with E-state index in [-0.39, 0.29) is 11.0 Å². The average molecular weight is 267 g/mol. The molecule has 0 amide bonds. The molecule has 3 nitrogen and oxygen atoms in total. The lowest BCUT2D eigenvalue weighted by molar-refractivity contribution is 0.483. The zero-order chi connectivity index (χ0) is 13.0. The Morgan fingerprint density at radius 2 is 1.67 bits per heavy atom. The molecule has 0 spiro atoms. The Kier molecular flexibility index (Phi) is 4.27. The van der Waals surface area contributed by atoms with Gasteiger partial charge in [0.05, 0.1) is 11.0 Å². The first-order valence-corrected chi connectivity index (χ1v) is 8.35. The number of aryl methyl sites for hydroxylation is 1. The summed E-state index contributed by atoms with van der Waals surface area (Å²) in [6, 6.07) is 7.46. The van der Waals surface area contributed by atoms with Crippen molar-refractivity contribution in [3.63, 3.8) is 0 Å². The van der Waals surface area contributed by atoms with Crippen molar-refractivity contribution in [1.29, 1.82) is 0 Å². The number of hydrogen-bond donors (Lipinski definition) is 1. The topological polar surface area (TPSA) is 60.2 Å². The van der Waals surface area contributed by atoms with E-state index in [0.29, 0.717) is 12.1 Å². The molecule has 1 aromatic carbocycles. The molecule has 0 aliphatic heterocycles. The lowest BCUT2D eigenvalue weighted by atomic mass is 10.0. The molecule has 1 aliphatic rings. The first kappa shape index (κ1) is 13.4. The predicted octanol–water partition coefficient (Wildman–Crippen LogP) is 2.56. The molecule has 1 aliphatic carbocycles. The Morgan fingerprint density at radius 3 is 2.28 bits per heavy atom. The highest BCUT2D eigenvalue weighted by Gasteiger charge is 2.26. The Balaban J connectivity index is 1.94. The van der Waals surface area contributed by atoms with Crippen molar-refractivity contribution < 1.29 is 8.42 Å². The Hall–Kier alpha value is -1.03. The number of nitrogen functional groups attached to an aromatic ring is 1. The summed E-state index contributed by atoms with van der Waals surface area (Å²) in [4.78, 5) is 0. The smallest absolute Gasteiger partial charge is 0.153 e. The molecule has 100 valence electrons. The molecule has 1 fully saturated rings. The van der Waals surface area contributed by atoms with Gasteiger partial charge in [-0.2, -0.15) is 0 Å². The summed E-state index contributed by atoms with van der Waals surface area (Å²) < 4.78 is 24.4. The van der Waals surface area contributed by atoms with Crippen LogP contribution in [0.1, 0.15) is 37.7 Å². The molecule has 1 aromatic rings. The fraction of sp³-hybridized carbons (Fsp3) is 0.571. The normalized spacial score (nSPS) is 17.8. The minimum Gasteiger partial charge on any atom is -0.399 e. The van der Waals surface area contributed by atoms with Gasteiger partial charge in [0, 0.05) is 5.69 Å². The lowest BCUT2D eigenvalue weighted by Crippen LogP contribution is -2.27. The minimum atomic E-state index is -2.92. The van der Waals surface area contributed by atoms with E-state index in [1.54, 1.807) is 0 Å². The molecule has 0 aromatic heterocycles. The molecule has 18 heavy (non-hydrogen) atoms.